The topological polar surface area (TPSA) is 22.0 Å². The fraction of sp³-hybridized carbons (Fsp3) is 0.357. The van der Waals surface area contributed by atoms with Gasteiger partial charge in [0.1, 0.15) is 0 Å². The van der Waals surface area contributed by atoms with Crippen LogP contribution in [0.4, 0.5) is 0 Å². The van der Waals surface area contributed by atoms with Gasteiger partial charge in [0.2, 0.25) is 0 Å². The molecule has 2 aromatic rings. The highest BCUT2D eigenvalue weighted by atomic mass is 16.1. The molecule has 1 aromatic carbocycles. The summed E-state index contributed by atoms with van der Waals surface area (Å²) in [5.74, 6) is 0.298. The highest BCUT2D eigenvalue weighted by Gasteiger charge is 2.23. The molecule has 1 heterocycles. The van der Waals surface area contributed by atoms with Gasteiger partial charge in [0.05, 0.1) is 0 Å². The van der Waals surface area contributed by atoms with E-state index in [-0.39, 0.29) is 0 Å². The standard InChI is InChI=1S/C14H15NO/c1-8-6-11-13(16)5-4-10-9(2)15(3)12(7-8)14(10)11/h6-7H,4-5H2,1-3H3. The lowest BCUT2D eigenvalue weighted by Crippen LogP contribution is -2.08. The summed E-state index contributed by atoms with van der Waals surface area (Å²) in [5.41, 5.74) is 5.97. The Labute approximate surface area is 94.9 Å². The van der Waals surface area contributed by atoms with Crippen molar-refractivity contribution in [1.29, 1.82) is 0 Å². The van der Waals surface area contributed by atoms with Gasteiger partial charge in [0, 0.05) is 35.6 Å². The predicted molar refractivity (Wildman–Crippen MR) is 65.0 cm³/mol. The molecule has 0 aliphatic heterocycles. The van der Waals surface area contributed by atoms with Gasteiger partial charge >= 0.3 is 0 Å². The second-order valence-electron chi connectivity index (χ2n) is 4.75. The normalized spacial score (nSPS) is 14.8. The van der Waals surface area contributed by atoms with E-state index in [1.165, 1.54) is 27.7 Å². The van der Waals surface area contributed by atoms with Gasteiger partial charge in [-0.05, 0) is 43.5 Å². The summed E-state index contributed by atoms with van der Waals surface area (Å²) in [6.07, 6.45) is 1.56. The molecule has 0 unspecified atom stereocenters. The van der Waals surface area contributed by atoms with E-state index in [0.29, 0.717) is 12.2 Å². The van der Waals surface area contributed by atoms with E-state index < -0.39 is 0 Å². The van der Waals surface area contributed by atoms with E-state index in [1.54, 1.807) is 0 Å². The fourth-order valence-corrected chi connectivity index (χ4v) is 2.81. The largest absolute Gasteiger partial charge is 0.348 e. The maximum absolute atomic E-state index is 11.9. The van der Waals surface area contributed by atoms with E-state index in [9.17, 15) is 4.79 Å². The summed E-state index contributed by atoms with van der Waals surface area (Å²) in [4.78, 5) is 11.9. The van der Waals surface area contributed by atoms with Crippen molar-refractivity contribution in [3.05, 3.63) is 34.5 Å². The van der Waals surface area contributed by atoms with Crippen molar-refractivity contribution in [3.8, 4) is 0 Å². The third kappa shape index (κ3) is 1.04. The molecule has 2 heteroatoms. The van der Waals surface area contributed by atoms with Gasteiger partial charge in [-0.2, -0.15) is 0 Å². The Kier molecular flexibility index (Phi) is 1.79. The van der Waals surface area contributed by atoms with Gasteiger partial charge in [-0.25, -0.2) is 0 Å². The SMILES string of the molecule is Cc1cc2c3c(c(C)n(C)c3c1)CCC2=O. The minimum atomic E-state index is 0.298. The lowest BCUT2D eigenvalue weighted by atomic mass is 9.90. The molecule has 0 fully saturated rings. The Morgan fingerprint density at radius 3 is 2.69 bits per heavy atom. The highest BCUT2D eigenvalue weighted by molar-refractivity contribution is 6.11. The third-order valence-electron chi connectivity index (χ3n) is 3.77. The predicted octanol–water partition coefficient (Wildman–Crippen LogP) is 2.92. The fourth-order valence-electron chi connectivity index (χ4n) is 2.81. The van der Waals surface area contributed by atoms with Crippen LogP contribution in [0, 0.1) is 13.8 Å². The first-order chi connectivity index (χ1) is 7.59. The second kappa shape index (κ2) is 2.97. The first kappa shape index (κ1) is 9.64. The number of hydrogen-bond donors (Lipinski definition) is 0. The lowest BCUT2D eigenvalue weighted by molar-refractivity contribution is 0.0982. The molecule has 0 atom stereocenters. The molecular formula is C14H15NO. The molecule has 0 saturated carbocycles. The van der Waals surface area contributed by atoms with Crippen molar-refractivity contribution in [2.75, 3.05) is 0 Å². The molecule has 3 rings (SSSR count). The van der Waals surface area contributed by atoms with Gasteiger partial charge in [0.25, 0.3) is 0 Å². The average Bonchev–Trinajstić information content (AvgIpc) is 2.49. The number of aromatic nitrogens is 1. The van der Waals surface area contributed by atoms with Crippen LogP contribution < -0.4 is 0 Å². The van der Waals surface area contributed by atoms with E-state index in [0.717, 1.165) is 12.0 Å². The van der Waals surface area contributed by atoms with Gasteiger partial charge in [0.15, 0.2) is 5.78 Å². The molecule has 82 valence electrons. The van der Waals surface area contributed by atoms with E-state index in [1.807, 2.05) is 6.07 Å². The van der Waals surface area contributed by atoms with E-state index in [4.69, 9.17) is 0 Å². The molecule has 1 aromatic heterocycles. The van der Waals surface area contributed by atoms with Crippen LogP contribution in [0.2, 0.25) is 0 Å². The highest BCUT2D eigenvalue weighted by Crippen LogP contribution is 2.34. The first-order valence-corrected chi connectivity index (χ1v) is 5.71. The molecule has 0 bridgehead atoms. The molecule has 0 saturated heterocycles. The number of carbonyl (C=O) groups is 1. The molecule has 0 radical (unpaired) electrons. The first-order valence-electron chi connectivity index (χ1n) is 5.71. The molecule has 16 heavy (non-hydrogen) atoms. The number of carbonyl (C=O) groups excluding carboxylic acids is 1. The molecule has 1 aliphatic rings. The van der Waals surface area contributed by atoms with Crippen molar-refractivity contribution >= 4 is 16.7 Å². The summed E-state index contributed by atoms with van der Waals surface area (Å²) in [6, 6.07) is 4.21. The molecule has 2 nitrogen and oxygen atoms in total. The van der Waals surface area contributed by atoms with Crippen molar-refractivity contribution in [2.24, 2.45) is 7.05 Å². The van der Waals surface area contributed by atoms with E-state index >= 15 is 0 Å². The second-order valence-corrected chi connectivity index (χ2v) is 4.75. The quantitative estimate of drug-likeness (QED) is 0.659. The van der Waals surface area contributed by atoms with Gasteiger partial charge < -0.3 is 4.57 Å². The maximum atomic E-state index is 11.9. The van der Waals surface area contributed by atoms with Crippen LogP contribution in [0.5, 0.6) is 0 Å². The van der Waals surface area contributed by atoms with Crippen LogP contribution in [0.25, 0.3) is 10.9 Å². The van der Waals surface area contributed by atoms with Crippen molar-refractivity contribution in [2.45, 2.75) is 26.7 Å². The number of Topliss-reactive ketones (excluding diaryl/α,β-unsaturated/α-hetero) is 1. The van der Waals surface area contributed by atoms with Crippen LogP contribution in [-0.4, -0.2) is 10.4 Å². The zero-order valence-corrected chi connectivity index (χ0v) is 9.92. The minimum absolute atomic E-state index is 0.298. The summed E-state index contributed by atoms with van der Waals surface area (Å²) >= 11 is 0. The minimum Gasteiger partial charge on any atom is -0.348 e. The molecule has 1 aliphatic carbocycles. The third-order valence-corrected chi connectivity index (χ3v) is 3.77. The van der Waals surface area contributed by atoms with Crippen LogP contribution in [0.15, 0.2) is 12.1 Å². The van der Waals surface area contributed by atoms with Crippen molar-refractivity contribution in [3.63, 3.8) is 0 Å². The Bertz CT molecular complexity index is 619. The molecule has 0 amide bonds. The Morgan fingerprint density at radius 2 is 1.94 bits per heavy atom. The summed E-state index contributed by atoms with van der Waals surface area (Å²) in [7, 11) is 2.08. The Balaban J connectivity index is 2.57. The lowest BCUT2D eigenvalue weighted by Gasteiger charge is -2.12. The number of ketones is 1. The van der Waals surface area contributed by atoms with E-state index in [2.05, 4.69) is 31.5 Å². The average molecular weight is 213 g/mol. The summed E-state index contributed by atoms with van der Waals surface area (Å²) in [5, 5.41) is 1.20. The number of rotatable bonds is 0. The molecular weight excluding hydrogens is 198 g/mol. The number of nitrogens with zero attached hydrogens (tertiary/aromatic N) is 1. The van der Waals surface area contributed by atoms with Crippen molar-refractivity contribution < 1.29 is 4.79 Å². The van der Waals surface area contributed by atoms with Crippen molar-refractivity contribution in [1.82, 2.24) is 4.57 Å². The molecule has 0 spiro atoms. The maximum Gasteiger partial charge on any atom is 0.163 e. The van der Waals surface area contributed by atoms with Gasteiger partial charge in [-0.1, -0.05) is 0 Å². The van der Waals surface area contributed by atoms with Gasteiger partial charge in [-0.3, -0.25) is 4.79 Å². The smallest absolute Gasteiger partial charge is 0.163 e. The van der Waals surface area contributed by atoms with Crippen LogP contribution in [0.3, 0.4) is 0 Å². The zero-order valence-electron chi connectivity index (χ0n) is 9.92. The Hall–Kier alpha value is -1.57. The summed E-state index contributed by atoms with van der Waals surface area (Å²) < 4.78 is 2.21. The van der Waals surface area contributed by atoms with Crippen LogP contribution in [-0.2, 0) is 13.5 Å². The monoisotopic (exact) mass is 213 g/mol. The van der Waals surface area contributed by atoms with Crippen LogP contribution in [0.1, 0.15) is 33.6 Å². The Morgan fingerprint density at radius 1 is 1.19 bits per heavy atom. The number of hydrogen-bond acceptors (Lipinski definition) is 1. The van der Waals surface area contributed by atoms with Crippen LogP contribution >= 0.6 is 0 Å². The zero-order chi connectivity index (χ0) is 11.4. The summed E-state index contributed by atoms with van der Waals surface area (Å²) in [6.45, 7) is 4.20. The molecule has 0 N–H and O–H groups in total. The number of aryl methyl sites for hydroxylation is 3. The number of benzene rings is 1. The van der Waals surface area contributed by atoms with Gasteiger partial charge in [-0.15, -0.1) is 0 Å².